The van der Waals surface area contributed by atoms with Crippen LogP contribution in [-0.4, -0.2) is 30.1 Å². The quantitative estimate of drug-likeness (QED) is 0.778. The number of ether oxygens (including phenoxy) is 1. The van der Waals surface area contributed by atoms with Gasteiger partial charge >= 0.3 is 5.97 Å². The van der Waals surface area contributed by atoms with Gasteiger partial charge in [0.2, 0.25) is 5.91 Å². The lowest BCUT2D eigenvalue weighted by Gasteiger charge is -2.17. The monoisotopic (exact) mass is 387 g/mol. The maximum absolute atomic E-state index is 12.3. The van der Waals surface area contributed by atoms with Gasteiger partial charge in [-0.15, -0.1) is 0 Å². The first-order chi connectivity index (χ1) is 12.9. The summed E-state index contributed by atoms with van der Waals surface area (Å²) in [5.74, 6) is -0.283. The molecule has 2 atom stereocenters. The number of carbonyl (C=O) groups is 2. The van der Waals surface area contributed by atoms with E-state index in [1.807, 2.05) is 36.4 Å². The molecule has 5 nitrogen and oxygen atoms in total. The third-order valence-corrected chi connectivity index (χ3v) is 4.97. The van der Waals surface area contributed by atoms with Crippen LogP contribution in [0.1, 0.15) is 18.9 Å². The first-order valence-electron chi connectivity index (χ1n) is 8.93. The Kier molecular flexibility index (Phi) is 6.01. The van der Waals surface area contributed by atoms with Gasteiger partial charge in [0.15, 0.2) is 0 Å². The van der Waals surface area contributed by atoms with Gasteiger partial charge in [0.1, 0.15) is 5.75 Å². The summed E-state index contributed by atoms with van der Waals surface area (Å²) < 4.78 is 5.83. The van der Waals surface area contributed by atoms with Crippen molar-refractivity contribution in [2.24, 2.45) is 11.8 Å². The smallest absolute Gasteiger partial charge is 0.306 e. The molecule has 2 aromatic rings. The second-order valence-corrected chi connectivity index (χ2v) is 7.39. The summed E-state index contributed by atoms with van der Waals surface area (Å²) in [6, 6.07) is 14.7. The highest BCUT2D eigenvalue weighted by Gasteiger charge is 2.31. The summed E-state index contributed by atoms with van der Waals surface area (Å²) in [6.45, 7) is 2.77. The first kappa shape index (κ1) is 19.2. The van der Waals surface area contributed by atoms with E-state index < -0.39 is 11.9 Å². The molecular weight excluding hydrogens is 366 g/mol. The van der Waals surface area contributed by atoms with Crippen molar-refractivity contribution in [1.82, 2.24) is 0 Å². The maximum Gasteiger partial charge on any atom is 0.306 e. The minimum absolute atomic E-state index is 0.0870. The number of hydrogen-bond donors (Lipinski definition) is 1. The number of carboxylic acid groups (broad SMARTS) is 1. The van der Waals surface area contributed by atoms with E-state index in [0.717, 1.165) is 17.0 Å². The molecule has 6 heteroatoms. The Hall–Kier alpha value is -2.53. The van der Waals surface area contributed by atoms with Crippen molar-refractivity contribution < 1.29 is 19.4 Å². The predicted octanol–water partition coefficient (Wildman–Crippen LogP) is 4.04. The van der Waals surface area contributed by atoms with E-state index in [4.69, 9.17) is 21.4 Å². The lowest BCUT2D eigenvalue weighted by atomic mass is 10.0. The molecule has 27 heavy (non-hydrogen) atoms. The van der Waals surface area contributed by atoms with Gasteiger partial charge in [-0.1, -0.05) is 30.7 Å². The van der Waals surface area contributed by atoms with Crippen LogP contribution in [0.5, 0.6) is 5.75 Å². The number of anilines is 1. The Morgan fingerprint density at radius 1 is 1.22 bits per heavy atom. The van der Waals surface area contributed by atoms with Crippen molar-refractivity contribution in [2.75, 3.05) is 18.1 Å². The van der Waals surface area contributed by atoms with Gasteiger partial charge in [0, 0.05) is 29.6 Å². The molecule has 1 aliphatic heterocycles. The van der Waals surface area contributed by atoms with Crippen molar-refractivity contribution in [2.45, 2.75) is 19.8 Å². The Bertz CT molecular complexity index is 804. The summed E-state index contributed by atoms with van der Waals surface area (Å²) in [6.07, 6.45) is 0.944. The molecule has 1 saturated heterocycles. The number of benzene rings is 2. The number of nitrogens with zero attached hydrogens (tertiary/aromatic N) is 1. The van der Waals surface area contributed by atoms with Crippen LogP contribution < -0.4 is 9.64 Å². The number of halogens is 1. The average molecular weight is 388 g/mol. The average Bonchev–Trinajstić information content (AvgIpc) is 3.02. The van der Waals surface area contributed by atoms with E-state index in [-0.39, 0.29) is 11.8 Å². The third kappa shape index (κ3) is 5.01. The van der Waals surface area contributed by atoms with Crippen LogP contribution >= 0.6 is 11.6 Å². The number of hydrogen-bond acceptors (Lipinski definition) is 3. The largest absolute Gasteiger partial charge is 0.493 e. The molecule has 2 aromatic carbocycles. The van der Waals surface area contributed by atoms with Crippen LogP contribution in [0, 0.1) is 11.8 Å². The summed E-state index contributed by atoms with van der Waals surface area (Å²) in [7, 11) is 0. The molecule has 0 aliphatic carbocycles. The summed E-state index contributed by atoms with van der Waals surface area (Å²) in [5.41, 5.74) is 1.81. The predicted molar refractivity (Wildman–Crippen MR) is 104 cm³/mol. The van der Waals surface area contributed by atoms with Crippen molar-refractivity contribution in [3.8, 4) is 5.75 Å². The molecule has 142 valence electrons. The van der Waals surface area contributed by atoms with Gasteiger partial charge < -0.3 is 14.7 Å². The molecule has 0 saturated carbocycles. The zero-order chi connectivity index (χ0) is 19.4. The standard InChI is InChI=1S/C21H22ClNO4/c1-14(21(25)26)10-15-2-8-19(9-3-15)27-13-16-11-20(24)23(12-16)18-6-4-17(22)5-7-18/h2-9,14,16H,10-13H2,1H3,(H,25,26). The molecule has 1 heterocycles. The molecule has 3 rings (SSSR count). The van der Waals surface area contributed by atoms with Gasteiger partial charge in [-0.2, -0.15) is 0 Å². The summed E-state index contributed by atoms with van der Waals surface area (Å²) in [5, 5.41) is 9.62. The number of amides is 1. The molecule has 2 unspecified atom stereocenters. The molecule has 0 bridgehead atoms. The van der Waals surface area contributed by atoms with Crippen molar-refractivity contribution in [1.29, 1.82) is 0 Å². The van der Waals surface area contributed by atoms with Gasteiger partial charge in [0.25, 0.3) is 0 Å². The normalized spacial score (nSPS) is 17.8. The number of rotatable bonds is 7. The summed E-state index contributed by atoms with van der Waals surface area (Å²) in [4.78, 5) is 25.0. The molecule has 0 radical (unpaired) electrons. The molecule has 1 N–H and O–H groups in total. The Morgan fingerprint density at radius 3 is 2.52 bits per heavy atom. The molecular formula is C21H22ClNO4. The minimum Gasteiger partial charge on any atom is -0.493 e. The Balaban J connectivity index is 1.52. The van der Waals surface area contributed by atoms with Crippen LogP contribution in [0.4, 0.5) is 5.69 Å². The van der Waals surface area contributed by atoms with Crippen LogP contribution in [-0.2, 0) is 16.0 Å². The van der Waals surface area contributed by atoms with Crippen LogP contribution in [0.15, 0.2) is 48.5 Å². The lowest BCUT2D eigenvalue weighted by molar-refractivity contribution is -0.141. The topological polar surface area (TPSA) is 66.8 Å². The second-order valence-electron chi connectivity index (χ2n) is 6.95. The van der Waals surface area contributed by atoms with E-state index >= 15 is 0 Å². The Morgan fingerprint density at radius 2 is 1.89 bits per heavy atom. The van der Waals surface area contributed by atoms with Gasteiger partial charge in [-0.05, 0) is 48.4 Å². The molecule has 1 amide bonds. The highest BCUT2D eigenvalue weighted by atomic mass is 35.5. The van der Waals surface area contributed by atoms with Crippen LogP contribution in [0.25, 0.3) is 0 Å². The SMILES string of the molecule is CC(Cc1ccc(OCC2CC(=O)N(c3ccc(Cl)cc3)C2)cc1)C(=O)O. The molecule has 0 spiro atoms. The lowest BCUT2D eigenvalue weighted by Crippen LogP contribution is -2.25. The van der Waals surface area contributed by atoms with Crippen LogP contribution in [0.2, 0.25) is 5.02 Å². The fraction of sp³-hybridized carbons (Fsp3) is 0.333. The Labute approximate surface area is 163 Å². The minimum atomic E-state index is -0.800. The molecule has 1 fully saturated rings. The van der Waals surface area contributed by atoms with Gasteiger partial charge in [-0.25, -0.2) is 0 Å². The fourth-order valence-electron chi connectivity index (χ4n) is 3.14. The van der Waals surface area contributed by atoms with Crippen LogP contribution in [0.3, 0.4) is 0 Å². The number of carboxylic acids is 1. The van der Waals surface area contributed by atoms with E-state index in [0.29, 0.717) is 31.0 Å². The number of carbonyl (C=O) groups excluding carboxylic acids is 1. The zero-order valence-corrected chi connectivity index (χ0v) is 15.9. The number of aliphatic carboxylic acids is 1. The van der Waals surface area contributed by atoms with Crippen molar-refractivity contribution >= 4 is 29.2 Å². The van der Waals surface area contributed by atoms with Crippen molar-refractivity contribution in [3.63, 3.8) is 0 Å². The van der Waals surface area contributed by atoms with E-state index in [2.05, 4.69) is 0 Å². The van der Waals surface area contributed by atoms with E-state index in [1.165, 1.54) is 0 Å². The van der Waals surface area contributed by atoms with E-state index in [1.54, 1.807) is 24.0 Å². The molecule has 1 aliphatic rings. The van der Waals surface area contributed by atoms with Crippen molar-refractivity contribution in [3.05, 3.63) is 59.1 Å². The second kappa shape index (κ2) is 8.44. The molecule has 0 aromatic heterocycles. The highest BCUT2D eigenvalue weighted by molar-refractivity contribution is 6.30. The van der Waals surface area contributed by atoms with Gasteiger partial charge in [0.05, 0.1) is 12.5 Å². The fourth-order valence-corrected chi connectivity index (χ4v) is 3.27. The summed E-state index contributed by atoms with van der Waals surface area (Å²) >= 11 is 5.90. The van der Waals surface area contributed by atoms with E-state index in [9.17, 15) is 9.59 Å². The highest BCUT2D eigenvalue weighted by Crippen LogP contribution is 2.27. The first-order valence-corrected chi connectivity index (χ1v) is 9.30. The third-order valence-electron chi connectivity index (χ3n) is 4.72. The maximum atomic E-state index is 12.3. The van der Waals surface area contributed by atoms with Gasteiger partial charge in [-0.3, -0.25) is 9.59 Å². The zero-order valence-electron chi connectivity index (χ0n) is 15.1.